The van der Waals surface area contributed by atoms with E-state index in [4.69, 9.17) is 10.5 Å². The van der Waals surface area contributed by atoms with Crippen LogP contribution in [-0.4, -0.2) is 30.7 Å². The Bertz CT molecular complexity index is 309. The number of rotatable bonds is 8. The van der Waals surface area contributed by atoms with Gasteiger partial charge in [-0.15, -0.1) is 0 Å². The molecule has 0 bridgehead atoms. The van der Waals surface area contributed by atoms with Gasteiger partial charge in [-0.1, -0.05) is 20.8 Å². The molecule has 4 atom stereocenters. The summed E-state index contributed by atoms with van der Waals surface area (Å²) >= 11 is 0. The van der Waals surface area contributed by atoms with Crippen molar-refractivity contribution in [3.05, 3.63) is 0 Å². The minimum absolute atomic E-state index is 0.278. The van der Waals surface area contributed by atoms with Crippen molar-refractivity contribution in [2.24, 2.45) is 17.6 Å². The third kappa shape index (κ3) is 5.06. The Morgan fingerprint density at radius 3 is 2.60 bits per heavy atom. The first-order chi connectivity index (χ1) is 9.39. The molecule has 0 saturated heterocycles. The van der Waals surface area contributed by atoms with Gasteiger partial charge in [0.2, 0.25) is 5.91 Å². The monoisotopic (exact) mass is 284 g/mol. The molecule has 0 aliphatic heterocycles. The first-order valence-corrected chi connectivity index (χ1v) is 8.05. The van der Waals surface area contributed by atoms with Crippen LogP contribution < -0.4 is 11.1 Å². The number of carbonyl (C=O) groups excluding carboxylic acids is 1. The largest absolute Gasteiger partial charge is 0.378 e. The van der Waals surface area contributed by atoms with Crippen LogP contribution in [-0.2, 0) is 9.53 Å². The lowest BCUT2D eigenvalue weighted by Gasteiger charge is -2.32. The van der Waals surface area contributed by atoms with Gasteiger partial charge in [0.05, 0.1) is 11.6 Å². The van der Waals surface area contributed by atoms with Crippen molar-refractivity contribution in [1.82, 2.24) is 5.32 Å². The summed E-state index contributed by atoms with van der Waals surface area (Å²) in [5, 5.41) is 3.18. The van der Waals surface area contributed by atoms with Crippen LogP contribution in [0.1, 0.15) is 59.8 Å². The third-order valence-corrected chi connectivity index (χ3v) is 4.84. The fourth-order valence-electron chi connectivity index (χ4n) is 3.01. The SMILES string of the molecule is CCNC(C)(CCCOC1CCC(C)C(C)C1)C(N)=O. The molecule has 118 valence electrons. The van der Waals surface area contributed by atoms with Gasteiger partial charge in [-0.05, 0) is 57.4 Å². The summed E-state index contributed by atoms with van der Waals surface area (Å²) in [5.74, 6) is 1.30. The van der Waals surface area contributed by atoms with Crippen molar-refractivity contribution >= 4 is 5.91 Å². The van der Waals surface area contributed by atoms with Gasteiger partial charge in [0.25, 0.3) is 0 Å². The quantitative estimate of drug-likeness (QED) is 0.673. The summed E-state index contributed by atoms with van der Waals surface area (Å²) in [6, 6.07) is 0. The topological polar surface area (TPSA) is 64.3 Å². The maximum atomic E-state index is 11.5. The molecule has 3 N–H and O–H groups in total. The summed E-state index contributed by atoms with van der Waals surface area (Å²) in [7, 11) is 0. The standard InChI is InChI=1S/C16H32N2O2/c1-5-18-16(4,15(17)19)9-6-10-20-14-8-7-12(2)13(3)11-14/h12-14,18H,5-11H2,1-4H3,(H2,17,19). The Morgan fingerprint density at radius 2 is 2.05 bits per heavy atom. The molecule has 1 aliphatic rings. The number of amides is 1. The van der Waals surface area contributed by atoms with Crippen molar-refractivity contribution in [3.63, 3.8) is 0 Å². The summed E-state index contributed by atoms with van der Waals surface area (Å²) < 4.78 is 5.98. The van der Waals surface area contributed by atoms with Crippen molar-refractivity contribution in [3.8, 4) is 0 Å². The van der Waals surface area contributed by atoms with Gasteiger partial charge >= 0.3 is 0 Å². The predicted molar refractivity (Wildman–Crippen MR) is 82.4 cm³/mol. The summed E-state index contributed by atoms with van der Waals surface area (Å²) in [6.45, 7) is 9.98. The predicted octanol–water partition coefficient (Wildman–Crippen LogP) is 2.46. The average molecular weight is 284 g/mol. The maximum absolute atomic E-state index is 11.5. The van der Waals surface area contributed by atoms with Crippen molar-refractivity contribution in [2.75, 3.05) is 13.2 Å². The van der Waals surface area contributed by atoms with Crippen LogP contribution in [0.2, 0.25) is 0 Å². The first kappa shape index (κ1) is 17.4. The summed E-state index contributed by atoms with van der Waals surface area (Å²) in [5.41, 5.74) is 4.87. The van der Waals surface area contributed by atoms with Gasteiger partial charge in [-0.3, -0.25) is 4.79 Å². The number of ether oxygens (including phenoxy) is 1. The third-order valence-electron chi connectivity index (χ3n) is 4.84. The second kappa shape index (κ2) is 7.99. The van der Waals surface area contributed by atoms with Crippen LogP contribution in [0.15, 0.2) is 0 Å². The Hall–Kier alpha value is -0.610. The molecular weight excluding hydrogens is 252 g/mol. The first-order valence-electron chi connectivity index (χ1n) is 8.05. The van der Waals surface area contributed by atoms with E-state index in [1.54, 1.807) is 0 Å². The Labute approximate surface area is 123 Å². The maximum Gasteiger partial charge on any atom is 0.237 e. The van der Waals surface area contributed by atoms with Crippen LogP contribution in [0.25, 0.3) is 0 Å². The molecule has 4 nitrogen and oxygen atoms in total. The Balaban J connectivity index is 2.25. The molecule has 4 heteroatoms. The van der Waals surface area contributed by atoms with Gasteiger partial charge in [-0.25, -0.2) is 0 Å². The van der Waals surface area contributed by atoms with Gasteiger partial charge in [0.1, 0.15) is 0 Å². The lowest BCUT2D eigenvalue weighted by atomic mass is 9.80. The Kier molecular flexibility index (Phi) is 6.96. The summed E-state index contributed by atoms with van der Waals surface area (Å²) in [4.78, 5) is 11.5. The van der Waals surface area contributed by atoms with Crippen LogP contribution in [0.4, 0.5) is 0 Å². The molecule has 1 aliphatic carbocycles. The molecule has 1 fully saturated rings. The van der Waals surface area contributed by atoms with Crippen molar-refractivity contribution in [1.29, 1.82) is 0 Å². The van der Waals surface area contributed by atoms with Crippen LogP contribution in [0.5, 0.6) is 0 Å². The molecular formula is C16H32N2O2. The average Bonchev–Trinajstić information content (AvgIpc) is 2.39. The lowest BCUT2D eigenvalue weighted by Crippen LogP contribution is -2.53. The van der Waals surface area contributed by atoms with E-state index >= 15 is 0 Å². The minimum Gasteiger partial charge on any atom is -0.378 e. The van der Waals surface area contributed by atoms with E-state index in [1.807, 2.05) is 13.8 Å². The molecule has 0 spiro atoms. The highest BCUT2D eigenvalue weighted by atomic mass is 16.5. The van der Waals surface area contributed by atoms with E-state index < -0.39 is 5.54 Å². The number of hydrogen-bond donors (Lipinski definition) is 2. The van der Waals surface area contributed by atoms with E-state index in [2.05, 4.69) is 19.2 Å². The van der Waals surface area contributed by atoms with Gasteiger partial charge in [0, 0.05) is 6.61 Å². The Morgan fingerprint density at radius 1 is 1.35 bits per heavy atom. The van der Waals surface area contributed by atoms with Gasteiger partial charge in [-0.2, -0.15) is 0 Å². The zero-order chi connectivity index (χ0) is 15.2. The number of primary amides is 1. The molecule has 1 rings (SSSR count). The van der Waals surface area contributed by atoms with E-state index in [9.17, 15) is 4.79 Å². The second-order valence-electron chi connectivity index (χ2n) is 6.59. The van der Waals surface area contributed by atoms with E-state index in [1.165, 1.54) is 19.3 Å². The fraction of sp³-hybridized carbons (Fsp3) is 0.938. The van der Waals surface area contributed by atoms with E-state index in [0.717, 1.165) is 37.8 Å². The number of nitrogens with two attached hydrogens (primary N) is 1. The number of hydrogen-bond acceptors (Lipinski definition) is 3. The number of likely N-dealkylation sites (N-methyl/N-ethyl adjacent to an activating group) is 1. The number of carbonyl (C=O) groups is 1. The van der Waals surface area contributed by atoms with Gasteiger partial charge < -0.3 is 15.8 Å². The van der Waals surface area contributed by atoms with Crippen molar-refractivity contribution in [2.45, 2.75) is 71.4 Å². The van der Waals surface area contributed by atoms with Crippen LogP contribution >= 0.6 is 0 Å². The lowest BCUT2D eigenvalue weighted by molar-refractivity contribution is -0.124. The highest BCUT2D eigenvalue weighted by molar-refractivity contribution is 5.84. The molecule has 0 aromatic carbocycles. The second-order valence-corrected chi connectivity index (χ2v) is 6.59. The fourth-order valence-corrected chi connectivity index (χ4v) is 3.01. The highest BCUT2D eigenvalue weighted by Gasteiger charge is 2.29. The molecule has 1 amide bonds. The zero-order valence-electron chi connectivity index (χ0n) is 13.6. The van der Waals surface area contributed by atoms with E-state index in [0.29, 0.717) is 6.10 Å². The van der Waals surface area contributed by atoms with Gasteiger partial charge in [0.15, 0.2) is 0 Å². The normalized spacial score (nSPS) is 29.9. The smallest absolute Gasteiger partial charge is 0.237 e. The molecule has 0 heterocycles. The van der Waals surface area contributed by atoms with Crippen LogP contribution in [0.3, 0.4) is 0 Å². The zero-order valence-corrected chi connectivity index (χ0v) is 13.6. The molecule has 20 heavy (non-hydrogen) atoms. The van der Waals surface area contributed by atoms with Crippen molar-refractivity contribution < 1.29 is 9.53 Å². The molecule has 0 aromatic rings. The molecule has 0 radical (unpaired) electrons. The highest BCUT2D eigenvalue weighted by Crippen LogP contribution is 2.31. The molecule has 1 saturated carbocycles. The molecule has 0 aromatic heterocycles. The van der Waals surface area contributed by atoms with Crippen LogP contribution in [0, 0.1) is 11.8 Å². The molecule has 4 unspecified atom stereocenters. The number of nitrogens with one attached hydrogen (secondary N) is 1. The van der Waals surface area contributed by atoms with E-state index in [-0.39, 0.29) is 5.91 Å². The summed E-state index contributed by atoms with van der Waals surface area (Å²) in [6.07, 6.45) is 5.61. The minimum atomic E-state index is -0.605.